The maximum Gasteiger partial charge on any atom is 0.237 e. The lowest BCUT2D eigenvalue weighted by Gasteiger charge is -2.27. The molecule has 1 atom stereocenters. The van der Waals surface area contributed by atoms with Crippen LogP contribution in [0.2, 0.25) is 0 Å². The van der Waals surface area contributed by atoms with Crippen molar-refractivity contribution >= 4 is 5.91 Å². The predicted octanol–water partition coefficient (Wildman–Crippen LogP) is 0.951. The first kappa shape index (κ1) is 13.7. The number of nitrogens with one attached hydrogen (secondary N) is 1. The molecule has 0 aliphatic rings. The van der Waals surface area contributed by atoms with E-state index >= 15 is 0 Å². The summed E-state index contributed by atoms with van der Waals surface area (Å²) in [6, 6.07) is 0.0335. The number of carbonyl (C=O) groups excluding carboxylic acids is 1. The molecule has 1 unspecified atom stereocenters. The summed E-state index contributed by atoms with van der Waals surface area (Å²) in [6.45, 7) is 9.57. The van der Waals surface area contributed by atoms with E-state index in [-0.39, 0.29) is 11.9 Å². The van der Waals surface area contributed by atoms with E-state index in [1.54, 1.807) is 13.8 Å². The Morgan fingerprint density at radius 3 is 2.35 bits per heavy atom. The molecule has 0 saturated heterocycles. The smallest absolute Gasteiger partial charge is 0.237 e. The summed E-state index contributed by atoms with van der Waals surface area (Å²) in [5.74, 6) is -0.358. The summed E-state index contributed by atoms with van der Waals surface area (Å²) in [5, 5.41) is 7.61. The average Bonchev–Trinajstić information content (AvgIpc) is 2.39. The quantitative estimate of drug-likeness (QED) is 0.820. The standard InChI is InChI=1S/C12H22N4O/c1-7(14-12(4,5)11(13)17)10-8(2)15-16(6)9(10)3/h7,14H,1-6H3,(H2,13,17). The zero-order chi connectivity index (χ0) is 13.4. The number of aromatic nitrogens is 2. The summed E-state index contributed by atoms with van der Waals surface area (Å²) in [4.78, 5) is 11.3. The van der Waals surface area contributed by atoms with E-state index in [1.807, 2.05) is 32.5 Å². The molecule has 0 radical (unpaired) electrons. The van der Waals surface area contributed by atoms with Crippen LogP contribution in [0.25, 0.3) is 0 Å². The first-order chi connectivity index (χ1) is 7.66. The Labute approximate surface area is 102 Å². The van der Waals surface area contributed by atoms with Crippen LogP contribution in [0.5, 0.6) is 0 Å². The van der Waals surface area contributed by atoms with Gasteiger partial charge in [-0.25, -0.2) is 0 Å². The van der Waals surface area contributed by atoms with Crippen molar-refractivity contribution in [1.29, 1.82) is 0 Å². The summed E-state index contributed by atoms with van der Waals surface area (Å²) in [6.07, 6.45) is 0. The Morgan fingerprint density at radius 2 is 2.00 bits per heavy atom. The SMILES string of the molecule is Cc1nn(C)c(C)c1C(C)NC(C)(C)C(N)=O. The van der Waals surface area contributed by atoms with Crippen molar-refractivity contribution in [2.45, 2.75) is 46.2 Å². The van der Waals surface area contributed by atoms with E-state index in [0.29, 0.717) is 0 Å². The number of amides is 1. The van der Waals surface area contributed by atoms with Gasteiger partial charge in [0, 0.05) is 24.3 Å². The van der Waals surface area contributed by atoms with Crippen molar-refractivity contribution in [3.05, 3.63) is 17.0 Å². The average molecular weight is 238 g/mol. The number of nitrogens with two attached hydrogens (primary N) is 1. The van der Waals surface area contributed by atoms with Gasteiger partial charge in [0.15, 0.2) is 0 Å². The largest absolute Gasteiger partial charge is 0.368 e. The number of nitrogens with zero attached hydrogens (tertiary/aromatic N) is 2. The van der Waals surface area contributed by atoms with Crippen LogP contribution in [0.1, 0.15) is 43.8 Å². The lowest BCUT2D eigenvalue weighted by Crippen LogP contribution is -2.51. The predicted molar refractivity (Wildman–Crippen MR) is 67.5 cm³/mol. The summed E-state index contributed by atoms with van der Waals surface area (Å²) < 4.78 is 1.85. The molecule has 0 spiro atoms. The molecule has 96 valence electrons. The van der Waals surface area contributed by atoms with E-state index in [1.165, 1.54) is 0 Å². The van der Waals surface area contributed by atoms with Gasteiger partial charge >= 0.3 is 0 Å². The molecule has 0 fully saturated rings. The second kappa shape index (κ2) is 4.49. The number of rotatable bonds is 4. The molecule has 0 aliphatic heterocycles. The van der Waals surface area contributed by atoms with Crippen LogP contribution < -0.4 is 11.1 Å². The van der Waals surface area contributed by atoms with Gasteiger partial charge in [-0.1, -0.05) is 0 Å². The molecular formula is C12H22N4O. The van der Waals surface area contributed by atoms with Gasteiger partial charge in [0.2, 0.25) is 5.91 Å². The van der Waals surface area contributed by atoms with Crippen LogP contribution in [0.4, 0.5) is 0 Å². The fraction of sp³-hybridized carbons (Fsp3) is 0.667. The second-order valence-corrected chi connectivity index (χ2v) is 5.06. The van der Waals surface area contributed by atoms with Gasteiger partial charge in [-0.2, -0.15) is 5.10 Å². The molecule has 3 N–H and O–H groups in total. The lowest BCUT2D eigenvalue weighted by molar-refractivity contribution is -0.123. The molecule has 0 bridgehead atoms. The third-order valence-electron chi connectivity index (χ3n) is 3.19. The third-order valence-corrected chi connectivity index (χ3v) is 3.19. The van der Waals surface area contributed by atoms with Crippen LogP contribution in [-0.4, -0.2) is 21.2 Å². The van der Waals surface area contributed by atoms with Crippen molar-refractivity contribution in [3.63, 3.8) is 0 Å². The van der Waals surface area contributed by atoms with E-state index in [2.05, 4.69) is 10.4 Å². The maximum absolute atomic E-state index is 11.3. The van der Waals surface area contributed by atoms with Crippen molar-refractivity contribution in [1.82, 2.24) is 15.1 Å². The Bertz CT molecular complexity index is 434. The highest BCUT2D eigenvalue weighted by atomic mass is 16.1. The number of carbonyl (C=O) groups is 1. The fourth-order valence-electron chi connectivity index (χ4n) is 2.10. The molecule has 0 aromatic carbocycles. The van der Waals surface area contributed by atoms with Gasteiger partial charge in [-0.15, -0.1) is 0 Å². The first-order valence-electron chi connectivity index (χ1n) is 5.74. The van der Waals surface area contributed by atoms with E-state index in [0.717, 1.165) is 17.0 Å². The van der Waals surface area contributed by atoms with E-state index < -0.39 is 5.54 Å². The second-order valence-electron chi connectivity index (χ2n) is 5.06. The molecule has 0 aliphatic carbocycles. The summed E-state index contributed by atoms with van der Waals surface area (Å²) in [5.41, 5.74) is 7.83. The molecule has 1 aromatic heterocycles. The highest BCUT2D eigenvalue weighted by Crippen LogP contribution is 2.22. The Balaban J connectivity index is 2.98. The maximum atomic E-state index is 11.3. The minimum absolute atomic E-state index is 0.0335. The molecule has 5 nitrogen and oxygen atoms in total. The van der Waals surface area contributed by atoms with Crippen molar-refractivity contribution in [2.75, 3.05) is 0 Å². The van der Waals surface area contributed by atoms with Crippen molar-refractivity contribution in [3.8, 4) is 0 Å². The van der Waals surface area contributed by atoms with Gasteiger partial charge in [-0.05, 0) is 34.6 Å². The van der Waals surface area contributed by atoms with Crippen LogP contribution in [-0.2, 0) is 11.8 Å². The molecule has 1 aromatic rings. The molecule has 1 rings (SSSR count). The van der Waals surface area contributed by atoms with E-state index in [9.17, 15) is 4.79 Å². The highest BCUT2D eigenvalue weighted by Gasteiger charge is 2.28. The molecular weight excluding hydrogens is 216 g/mol. The summed E-state index contributed by atoms with van der Waals surface area (Å²) >= 11 is 0. The molecule has 1 heterocycles. The van der Waals surface area contributed by atoms with Crippen LogP contribution in [0, 0.1) is 13.8 Å². The molecule has 0 saturated carbocycles. The van der Waals surface area contributed by atoms with Gasteiger partial charge in [0.05, 0.1) is 11.2 Å². The molecule has 5 heteroatoms. The fourth-order valence-corrected chi connectivity index (χ4v) is 2.10. The minimum Gasteiger partial charge on any atom is -0.368 e. The van der Waals surface area contributed by atoms with Crippen LogP contribution in [0.15, 0.2) is 0 Å². The van der Waals surface area contributed by atoms with Crippen LogP contribution in [0.3, 0.4) is 0 Å². The normalized spacial score (nSPS) is 13.8. The van der Waals surface area contributed by atoms with Gasteiger partial charge < -0.3 is 5.73 Å². The number of primary amides is 1. The van der Waals surface area contributed by atoms with Gasteiger partial charge in [-0.3, -0.25) is 14.8 Å². The minimum atomic E-state index is -0.728. The van der Waals surface area contributed by atoms with Gasteiger partial charge in [0.25, 0.3) is 0 Å². The highest BCUT2D eigenvalue weighted by molar-refractivity contribution is 5.83. The Hall–Kier alpha value is -1.36. The van der Waals surface area contributed by atoms with Crippen molar-refractivity contribution < 1.29 is 4.79 Å². The number of aryl methyl sites for hydroxylation is 2. The zero-order valence-corrected chi connectivity index (χ0v) is 11.5. The lowest BCUT2D eigenvalue weighted by atomic mass is 9.99. The zero-order valence-electron chi connectivity index (χ0n) is 11.5. The third kappa shape index (κ3) is 2.66. The summed E-state index contributed by atoms with van der Waals surface area (Å²) in [7, 11) is 1.91. The number of hydrogen-bond donors (Lipinski definition) is 2. The topological polar surface area (TPSA) is 72.9 Å². The number of hydrogen-bond acceptors (Lipinski definition) is 3. The van der Waals surface area contributed by atoms with Gasteiger partial charge in [0.1, 0.15) is 0 Å². The Morgan fingerprint density at radius 1 is 1.47 bits per heavy atom. The monoisotopic (exact) mass is 238 g/mol. The molecule has 1 amide bonds. The van der Waals surface area contributed by atoms with Crippen molar-refractivity contribution in [2.24, 2.45) is 12.8 Å². The molecule has 17 heavy (non-hydrogen) atoms. The van der Waals surface area contributed by atoms with Crippen LogP contribution >= 0.6 is 0 Å². The Kier molecular flexibility index (Phi) is 3.62. The first-order valence-corrected chi connectivity index (χ1v) is 5.74. The van der Waals surface area contributed by atoms with E-state index in [4.69, 9.17) is 5.73 Å².